The molecule has 1 aliphatic rings. The van der Waals surface area contributed by atoms with Crippen molar-refractivity contribution in [3.05, 3.63) is 35.4 Å². The van der Waals surface area contributed by atoms with E-state index in [4.69, 9.17) is 0 Å². The molecule has 118 valence electrons. The molecule has 1 unspecified atom stereocenters. The molecule has 1 atom stereocenters. The second kappa shape index (κ2) is 6.47. The lowest BCUT2D eigenvalue weighted by atomic mass is 9.84. The topological polar surface area (TPSA) is 35.5 Å². The quantitative estimate of drug-likeness (QED) is 0.898. The van der Waals surface area contributed by atoms with Crippen molar-refractivity contribution in [3.8, 4) is 0 Å². The first-order valence-electron chi connectivity index (χ1n) is 8.05. The second-order valence-corrected chi connectivity index (χ2v) is 7.35. The Morgan fingerprint density at radius 3 is 2.19 bits per heavy atom. The van der Waals surface area contributed by atoms with Gasteiger partial charge in [-0.3, -0.25) is 4.90 Å². The number of benzene rings is 1. The fourth-order valence-electron chi connectivity index (χ4n) is 3.04. The molecule has 21 heavy (non-hydrogen) atoms. The van der Waals surface area contributed by atoms with Gasteiger partial charge in [0.05, 0.1) is 12.1 Å². The zero-order chi connectivity index (χ0) is 15.5. The molecule has 1 fully saturated rings. The molecule has 1 aromatic rings. The van der Waals surface area contributed by atoms with E-state index in [9.17, 15) is 5.11 Å². The highest BCUT2D eigenvalue weighted by atomic mass is 16.3. The molecule has 0 aromatic heterocycles. The van der Waals surface area contributed by atoms with Crippen LogP contribution in [0.5, 0.6) is 0 Å². The van der Waals surface area contributed by atoms with Gasteiger partial charge in [0, 0.05) is 19.6 Å². The van der Waals surface area contributed by atoms with Crippen LogP contribution < -0.4 is 5.32 Å². The fraction of sp³-hybridized carbons (Fsp3) is 0.667. The van der Waals surface area contributed by atoms with Crippen LogP contribution in [0.3, 0.4) is 0 Å². The van der Waals surface area contributed by atoms with Crippen LogP contribution in [-0.2, 0) is 11.0 Å². The minimum absolute atomic E-state index is 0.155. The first-order chi connectivity index (χ1) is 9.88. The van der Waals surface area contributed by atoms with Crippen molar-refractivity contribution in [1.29, 1.82) is 0 Å². The van der Waals surface area contributed by atoms with Gasteiger partial charge in [-0.05, 0) is 36.4 Å². The zero-order valence-electron chi connectivity index (χ0n) is 13.9. The molecule has 2 N–H and O–H groups in total. The average molecular weight is 290 g/mol. The van der Waals surface area contributed by atoms with E-state index >= 15 is 0 Å². The van der Waals surface area contributed by atoms with Crippen molar-refractivity contribution in [2.45, 2.75) is 45.1 Å². The predicted octanol–water partition coefficient (Wildman–Crippen LogP) is 2.49. The monoisotopic (exact) mass is 290 g/mol. The molecule has 1 aromatic carbocycles. The molecule has 1 saturated heterocycles. The molecule has 2 rings (SSSR count). The molecule has 0 spiro atoms. The summed E-state index contributed by atoms with van der Waals surface area (Å²) in [6.07, 6.45) is 1.13. The molecule has 0 bridgehead atoms. The largest absolute Gasteiger partial charge is 0.394 e. The summed E-state index contributed by atoms with van der Waals surface area (Å²) in [6, 6.07) is 8.79. The first-order valence-corrected chi connectivity index (χ1v) is 8.05. The van der Waals surface area contributed by atoms with Gasteiger partial charge < -0.3 is 10.4 Å². The molecule has 0 saturated carbocycles. The van der Waals surface area contributed by atoms with Crippen molar-refractivity contribution in [2.24, 2.45) is 0 Å². The number of aliphatic hydroxyl groups is 1. The van der Waals surface area contributed by atoms with Crippen molar-refractivity contribution in [2.75, 3.05) is 32.8 Å². The summed E-state index contributed by atoms with van der Waals surface area (Å²) in [7, 11) is 0. The number of rotatable bonds is 3. The molecule has 1 heterocycles. The highest BCUT2D eigenvalue weighted by molar-refractivity contribution is 5.31. The molecule has 0 radical (unpaired) electrons. The molecule has 0 aliphatic carbocycles. The molecular weight excluding hydrogens is 260 g/mol. The van der Waals surface area contributed by atoms with E-state index in [1.807, 2.05) is 0 Å². The van der Waals surface area contributed by atoms with Crippen LogP contribution in [0.1, 0.15) is 45.2 Å². The van der Waals surface area contributed by atoms with Gasteiger partial charge in [0.15, 0.2) is 0 Å². The third-order valence-corrected chi connectivity index (χ3v) is 4.72. The Bertz CT molecular complexity index is 441. The van der Waals surface area contributed by atoms with Gasteiger partial charge in [0.2, 0.25) is 0 Å². The van der Waals surface area contributed by atoms with Gasteiger partial charge in [0.1, 0.15) is 0 Å². The summed E-state index contributed by atoms with van der Waals surface area (Å²) in [6.45, 7) is 13.1. The van der Waals surface area contributed by atoms with Crippen LogP contribution in [-0.4, -0.2) is 42.8 Å². The lowest BCUT2D eigenvalue weighted by molar-refractivity contribution is 0.0453. The van der Waals surface area contributed by atoms with E-state index in [2.05, 4.69) is 62.2 Å². The number of hydrogen-bond acceptors (Lipinski definition) is 3. The maximum absolute atomic E-state index is 10.0. The molecule has 3 nitrogen and oxygen atoms in total. The third-order valence-electron chi connectivity index (χ3n) is 4.72. The summed E-state index contributed by atoms with van der Waals surface area (Å²) >= 11 is 0. The van der Waals surface area contributed by atoms with E-state index in [1.165, 1.54) is 11.1 Å². The highest BCUT2D eigenvalue weighted by Gasteiger charge is 2.33. The molecular formula is C18H30N2O. The Kier molecular flexibility index (Phi) is 5.07. The van der Waals surface area contributed by atoms with Crippen LogP contribution >= 0.6 is 0 Å². The molecule has 0 amide bonds. The first kappa shape index (κ1) is 16.5. The lowest BCUT2D eigenvalue weighted by Gasteiger charge is -2.40. The van der Waals surface area contributed by atoms with Gasteiger partial charge in [0.25, 0.3) is 0 Å². The van der Waals surface area contributed by atoms with E-state index in [0.717, 1.165) is 32.6 Å². The summed E-state index contributed by atoms with van der Waals surface area (Å²) < 4.78 is 0. The zero-order valence-corrected chi connectivity index (χ0v) is 13.9. The van der Waals surface area contributed by atoms with E-state index in [-0.39, 0.29) is 17.6 Å². The van der Waals surface area contributed by atoms with Gasteiger partial charge >= 0.3 is 0 Å². The molecule has 1 aliphatic heterocycles. The Morgan fingerprint density at radius 2 is 1.62 bits per heavy atom. The number of nitrogens with one attached hydrogen (secondary N) is 1. The van der Waals surface area contributed by atoms with Crippen molar-refractivity contribution < 1.29 is 5.11 Å². The van der Waals surface area contributed by atoms with Gasteiger partial charge in [-0.2, -0.15) is 0 Å². The Morgan fingerprint density at radius 1 is 1.00 bits per heavy atom. The Labute approximate surface area is 129 Å². The van der Waals surface area contributed by atoms with Crippen LogP contribution in [0.15, 0.2) is 24.3 Å². The van der Waals surface area contributed by atoms with Crippen molar-refractivity contribution in [3.63, 3.8) is 0 Å². The Balaban J connectivity index is 2.26. The summed E-state index contributed by atoms with van der Waals surface area (Å²) in [5.41, 5.74) is 2.42. The Hall–Kier alpha value is -0.900. The van der Waals surface area contributed by atoms with E-state index < -0.39 is 0 Å². The van der Waals surface area contributed by atoms with Gasteiger partial charge in [-0.25, -0.2) is 0 Å². The second-order valence-electron chi connectivity index (χ2n) is 7.35. The smallest absolute Gasteiger partial charge is 0.0665 e. The average Bonchev–Trinajstić information content (AvgIpc) is 2.75. The predicted molar refractivity (Wildman–Crippen MR) is 88.6 cm³/mol. The lowest BCUT2D eigenvalue weighted by Crippen LogP contribution is -2.48. The fourth-order valence-corrected chi connectivity index (χ4v) is 3.04. The minimum atomic E-state index is -0.289. The van der Waals surface area contributed by atoms with Crippen LogP contribution in [0.4, 0.5) is 0 Å². The van der Waals surface area contributed by atoms with Crippen LogP contribution in [0.25, 0.3) is 0 Å². The van der Waals surface area contributed by atoms with E-state index in [1.54, 1.807) is 0 Å². The summed E-state index contributed by atoms with van der Waals surface area (Å²) in [5, 5.41) is 13.5. The maximum Gasteiger partial charge on any atom is 0.0665 e. The van der Waals surface area contributed by atoms with Crippen LogP contribution in [0.2, 0.25) is 0 Å². The van der Waals surface area contributed by atoms with Crippen LogP contribution in [0, 0.1) is 0 Å². The maximum atomic E-state index is 10.0. The van der Waals surface area contributed by atoms with Gasteiger partial charge in [-0.15, -0.1) is 0 Å². The van der Waals surface area contributed by atoms with Crippen molar-refractivity contribution in [1.82, 2.24) is 10.2 Å². The van der Waals surface area contributed by atoms with Crippen molar-refractivity contribution >= 4 is 0 Å². The summed E-state index contributed by atoms with van der Waals surface area (Å²) in [4.78, 5) is 2.42. The highest BCUT2D eigenvalue weighted by Crippen LogP contribution is 2.30. The number of hydrogen-bond donors (Lipinski definition) is 2. The minimum Gasteiger partial charge on any atom is -0.394 e. The van der Waals surface area contributed by atoms with Gasteiger partial charge in [-0.1, -0.05) is 45.0 Å². The molecule has 3 heteroatoms. The summed E-state index contributed by atoms with van der Waals surface area (Å²) in [5.74, 6) is 0. The van der Waals surface area contributed by atoms with E-state index in [0.29, 0.717) is 0 Å². The number of aliphatic hydroxyl groups excluding tert-OH is 1. The standard InChI is InChI=1S/C18H30N2O/c1-17(2,3)15-6-8-16(9-7-15)18(4,14-21)20-12-5-10-19-11-13-20/h6-9,19,21H,5,10-14H2,1-4H3. The SMILES string of the molecule is CC(C)(C)c1ccc(C(C)(CO)N2CCCNCC2)cc1. The number of nitrogens with zero attached hydrogens (tertiary/aromatic N) is 1. The third kappa shape index (κ3) is 3.65. The normalized spacial score (nSPS) is 20.8.